The number of ether oxygens (including phenoxy) is 1. The molecule has 0 saturated carbocycles. The molecule has 112 valence electrons. The van der Waals surface area contributed by atoms with Crippen molar-refractivity contribution in [1.29, 1.82) is 0 Å². The van der Waals surface area contributed by atoms with Crippen LogP contribution in [-0.2, 0) is 0 Å². The zero-order valence-corrected chi connectivity index (χ0v) is 14.5. The van der Waals surface area contributed by atoms with Gasteiger partial charge in [-0.05, 0) is 46.7 Å². The smallest absolute Gasteiger partial charge is 0.165 e. The van der Waals surface area contributed by atoms with Crippen molar-refractivity contribution in [2.45, 2.75) is 19.8 Å². The number of aromatic nitrogens is 2. The Morgan fingerprint density at radius 2 is 2.00 bits per heavy atom. The normalized spacial score (nSPS) is 10.8. The highest BCUT2D eigenvalue weighted by atomic mass is 127. The molecule has 0 atom stereocenters. The average molecular weight is 401 g/mol. The van der Waals surface area contributed by atoms with Crippen LogP contribution in [0.3, 0.4) is 0 Å². The third-order valence-corrected chi connectivity index (χ3v) is 4.13. The first kappa shape index (κ1) is 15.9. The van der Waals surface area contributed by atoms with E-state index in [1.54, 1.807) is 12.1 Å². The van der Waals surface area contributed by atoms with Gasteiger partial charge >= 0.3 is 0 Å². The van der Waals surface area contributed by atoms with Crippen LogP contribution in [0.2, 0.25) is 0 Å². The number of nitrogens with one attached hydrogen (secondary N) is 1. The topological polar surface area (TPSA) is 47.0 Å². The molecule has 1 aromatic carbocycles. The minimum atomic E-state index is -0.398. The van der Waals surface area contributed by atoms with E-state index >= 15 is 0 Å². The van der Waals surface area contributed by atoms with Gasteiger partial charge in [-0.25, -0.2) is 14.4 Å². The van der Waals surface area contributed by atoms with Crippen LogP contribution < -0.4 is 10.1 Å². The van der Waals surface area contributed by atoms with Crippen LogP contribution in [0.15, 0.2) is 18.2 Å². The van der Waals surface area contributed by atoms with Gasteiger partial charge in [0.1, 0.15) is 5.82 Å². The molecule has 0 fully saturated rings. The Kier molecular flexibility index (Phi) is 4.97. The van der Waals surface area contributed by atoms with Crippen LogP contribution in [0.5, 0.6) is 5.75 Å². The molecule has 2 aromatic rings. The molecule has 0 amide bonds. The van der Waals surface area contributed by atoms with Gasteiger partial charge in [0, 0.05) is 12.6 Å². The van der Waals surface area contributed by atoms with Crippen molar-refractivity contribution in [3.63, 3.8) is 0 Å². The lowest BCUT2D eigenvalue weighted by molar-refractivity contribution is 0.386. The monoisotopic (exact) mass is 401 g/mol. The number of hydrogen-bond donors (Lipinski definition) is 1. The van der Waals surface area contributed by atoms with E-state index in [1.165, 1.54) is 13.2 Å². The summed E-state index contributed by atoms with van der Waals surface area (Å²) < 4.78 is 19.5. The first-order valence-corrected chi connectivity index (χ1v) is 7.64. The van der Waals surface area contributed by atoms with Crippen molar-refractivity contribution in [3.05, 3.63) is 33.3 Å². The summed E-state index contributed by atoms with van der Waals surface area (Å²) in [4.78, 5) is 9.12. The second-order valence-corrected chi connectivity index (χ2v) is 5.93. The Balaban J connectivity index is 2.61. The van der Waals surface area contributed by atoms with Gasteiger partial charge in [0.15, 0.2) is 17.4 Å². The fraction of sp³-hybridized carbons (Fsp3) is 0.333. The molecule has 0 radical (unpaired) electrons. The summed E-state index contributed by atoms with van der Waals surface area (Å²) >= 11 is 2.24. The number of nitrogens with zero attached hydrogens (tertiary/aromatic N) is 2. The Morgan fingerprint density at radius 3 is 2.57 bits per heavy atom. The third-order valence-electron chi connectivity index (χ3n) is 3.07. The van der Waals surface area contributed by atoms with Gasteiger partial charge in [0.2, 0.25) is 0 Å². The fourth-order valence-electron chi connectivity index (χ4n) is 1.94. The summed E-state index contributed by atoms with van der Waals surface area (Å²) in [6.07, 6.45) is 0. The van der Waals surface area contributed by atoms with Crippen molar-refractivity contribution in [1.82, 2.24) is 9.97 Å². The third kappa shape index (κ3) is 3.25. The number of methoxy groups -OCH3 is 1. The molecule has 2 rings (SSSR count). The number of halogens is 2. The van der Waals surface area contributed by atoms with E-state index < -0.39 is 5.82 Å². The summed E-state index contributed by atoms with van der Waals surface area (Å²) in [7, 11) is 3.26. The summed E-state index contributed by atoms with van der Waals surface area (Å²) in [5.41, 5.74) is 1.69. The Bertz CT molecular complexity index is 662. The molecule has 0 spiro atoms. The molecule has 1 heterocycles. The van der Waals surface area contributed by atoms with E-state index in [2.05, 4.69) is 51.7 Å². The molecular formula is C15H17FIN3O. The Hall–Kier alpha value is -1.44. The number of anilines is 1. The number of benzene rings is 1. The fourth-order valence-corrected chi connectivity index (χ4v) is 3.07. The van der Waals surface area contributed by atoms with Crippen molar-refractivity contribution < 1.29 is 9.13 Å². The molecule has 1 N–H and O–H groups in total. The van der Waals surface area contributed by atoms with E-state index in [0.717, 1.165) is 20.6 Å². The Labute approximate surface area is 137 Å². The summed E-state index contributed by atoms with van der Waals surface area (Å²) in [5, 5.41) is 3.08. The van der Waals surface area contributed by atoms with E-state index in [4.69, 9.17) is 4.74 Å². The first-order chi connectivity index (χ1) is 9.97. The minimum Gasteiger partial charge on any atom is -0.494 e. The Morgan fingerprint density at radius 1 is 1.29 bits per heavy atom. The highest BCUT2D eigenvalue weighted by Crippen LogP contribution is 2.30. The van der Waals surface area contributed by atoms with Crippen molar-refractivity contribution in [2.24, 2.45) is 0 Å². The van der Waals surface area contributed by atoms with Gasteiger partial charge in [-0.15, -0.1) is 0 Å². The summed E-state index contributed by atoms with van der Waals surface area (Å²) in [5.74, 6) is 1.39. The van der Waals surface area contributed by atoms with Gasteiger partial charge < -0.3 is 10.1 Å². The lowest BCUT2D eigenvalue weighted by Gasteiger charge is -2.14. The standard InChI is InChI=1S/C15H17FIN3O/c1-8(2)13-12(17)15(18-3)20-14(19-13)9-5-6-10(16)11(7-9)21-4/h5-8H,1-4H3,(H,18,19,20). The van der Waals surface area contributed by atoms with Crippen LogP contribution in [0.1, 0.15) is 25.5 Å². The quantitative estimate of drug-likeness (QED) is 0.786. The van der Waals surface area contributed by atoms with Gasteiger partial charge in [-0.3, -0.25) is 0 Å². The summed E-state index contributed by atoms with van der Waals surface area (Å²) in [6.45, 7) is 4.16. The molecule has 0 saturated heterocycles. The highest BCUT2D eigenvalue weighted by molar-refractivity contribution is 14.1. The molecule has 0 bridgehead atoms. The molecule has 0 aliphatic rings. The first-order valence-electron chi connectivity index (χ1n) is 6.57. The van der Waals surface area contributed by atoms with Crippen LogP contribution in [0.4, 0.5) is 10.2 Å². The molecule has 0 unspecified atom stereocenters. The van der Waals surface area contributed by atoms with Crippen LogP contribution in [-0.4, -0.2) is 24.1 Å². The van der Waals surface area contributed by atoms with Crippen molar-refractivity contribution in [3.8, 4) is 17.1 Å². The number of hydrogen-bond acceptors (Lipinski definition) is 4. The summed E-state index contributed by atoms with van der Waals surface area (Å²) in [6, 6.07) is 4.63. The molecule has 21 heavy (non-hydrogen) atoms. The van der Waals surface area contributed by atoms with Gasteiger partial charge in [-0.2, -0.15) is 0 Å². The number of rotatable bonds is 4. The predicted molar refractivity (Wildman–Crippen MR) is 90.3 cm³/mol. The molecule has 4 nitrogen and oxygen atoms in total. The SMILES string of the molecule is CNc1nc(-c2ccc(F)c(OC)c2)nc(C(C)C)c1I. The van der Waals surface area contributed by atoms with Crippen LogP contribution in [0.25, 0.3) is 11.4 Å². The highest BCUT2D eigenvalue weighted by Gasteiger charge is 2.16. The largest absolute Gasteiger partial charge is 0.494 e. The second-order valence-electron chi connectivity index (χ2n) is 4.85. The minimum absolute atomic E-state index is 0.187. The molecule has 6 heteroatoms. The molecule has 0 aliphatic carbocycles. The van der Waals surface area contributed by atoms with Crippen LogP contribution in [0, 0.1) is 9.39 Å². The molecule has 1 aromatic heterocycles. The van der Waals surface area contributed by atoms with Gasteiger partial charge in [0.25, 0.3) is 0 Å². The maximum absolute atomic E-state index is 13.5. The zero-order chi connectivity index (χ0) is 15.6. The average Bonchev–Trinajstić information content (AvgIpc) is 2.47. The molecular weight excluding hydrogens is 384 g/mol. The second kappa shape index (κ2) is 6.55. The molecule has 0 aliphatic heterocycles. The van der Waals surface area contributed by atoms with E-state index in [0.29, 0.717) is 5.82 Å². The zero-order valence-electron chi connectivity index (χ0n) is 12.4. The lowest BCUT2D eigenvalue weighted by Crippen LogP contribution is -2.06. The van der Waals surface area contributed by atoms with E-state index in [9.17, 15) is 4.39 Å². The maximum atomic E-state index is 13.5. The van der Waals surface area contributed by atoms with E-state index in [-0.39, 0.29) is 11.7 Å². The van der Waals surface area contributed by atoms with Gasteiger partial charge in [0.05, 0.1) is 16.4 Å². The predicted octanol–water partition coefficient (Wildman–Crippen LogP) is 4.06. The van der Waals surface area contributed by atoms with Crippen molar-refractivity contribution >= 4 is 28.4 Å². The maximum Gasteiger partial charge on any atom is 0.165 e. The van der Waals surface area contributed by atoms with Crippen molar-refractivity contribution in [2.75, 3.05) is 19.5 Å². The van der Waals surface area contributed by atoms with Crippen LogP contribution >= 0.6 is 22.6 Å². The lowest BCUT2D eigenvalue weighted by atomic mass is 10.1. The van der Waals surface area contributed by atoms with E-state index in [1.807, 2.05) is 7.05 Å². The van der Waals surface area contributed by atoms with Gasteiger partial charge in [-0.1, -0.05) is 13.8 Å².